The van der Waals surface area contributed by atoms with Crippen LogP contribution in [0.15, 0.2) is 54.0 Å². The monoisotopic (exact) mass is 457 g/mol. The van der Waals surface area contributed by atoms with E-state index in [9.17, 15) is 0 Å². The largest absolute Gasteiger partial charge is 0.341 e. The molecule has 0 aliphatic carbocycles. The van der Waals surface area contributed by atoms with Gasteiger partial charge in [0.2, 0.25) is 0 Å². The fraction of sp³-hybridized carbons (Fsp3) is 0.407. The smallest absolute Gasteiger partial charge is 0.159 e. The van der Waals surface area contributed by atoms with Gasteiger partial charge >= 0.3 is 0 Å². The van der Waals surface area contributed by atoms with Crippen LogP contribution in [0.5, 0.6) is 0 Å². The maximum absolute atomic E-state index is 6.39. The number of allylic oxidation sites excluding steroid dienone is 1. The number of hydrogen-bond acceptors (Lipinski definition) is 6. The highest BCUT2D eigenvalue weighted by atomic mass is 15.0. The summed E-state index contributed by atoms with van der Waals surface area (Å²) in [4.78, 5) is 21.5. The Morgan fingerprint density at radius 3 is 1.94 bits per heavy atom. The number of hydrogen-bond donors (Lipinski definition) is 3. The van der Waals surface area contributed by atoms with Crippen LogP contribution < -0.4 is 11.5 Å². The van der Waals surface area contributed by atoms with Gasteiger partial charge in [-0.3, -0.25) is 4.99 Å². The molecule has 0 spiro atoms. The molecule has 0 radical (unpaired) electrons. The molecule has 34 heavy (non-hydrogen) atoms. The average molecular weight is 458 g/mol. The standard InChI is InChI=1S/C27H35N7/c1-26(2,3)22(28)20-11-18(12-30-20)16-7-9-17(10-8-16)24-31-13-19(14-32-24)21-15-33-25(34-21)23(29)27(4,5)6/h7-10,12-15,22-23H,11,28-29H2,1-6H3,(H,33,34)/t22-,23-/m1/s1. The van der Waals surface area contributed by atoms with Gasteiger partial charge in [0, 0.05) is 47.9 Å². The van der Waals surface area contributed by atoms with E-state index in [4.69, 9.17) is 11.5 Å². The predicted octanol–water partition coefficient (Wildman–Crippen LogP) is 5.14. The number of H-pyrrole nitrogens is 1. The summed E-state index contributed by atoms with van der Waals surface area (Å²) in [5.74, 6) is 1.44. The molecule has 7 nitrogen and oxygen atoms in total. The number of nitrogens with zero attached hydrogens (tertiary/aromatic N) is 4. The van der Waals surface area contributed by atoms with Crippen LogP contribution in [-0.2, 0) is 0 Å². The number of benzene rings is 1. The van der Waals surface area contributed by atoms with Crippen molar-refractivity contribution in [2.75, 3.05) is 0 Å². The van der Waals surface area contributed by atoms with Crippen molar-refractivity contribution in [2.24, 2.45) is 27.3 Å². The molecular formula is C27H35N7. The van der Waals surface area contributed by atoms with E-state index >= 15 is 0 Å². The SMILES string of the molecule is CC(C)(C)[C@H](N)C1=NC=C(c2ccc(-c3ncc(-c4cnc([C@@H](N)C(C)(C)C)[nH]4)cn3)cc2)C1. The minimum atomic E-state index is -0.180. The van der Waals surface area contributed by atoms with Gasteiger partial charge in [-0.15, -0.1) is 0 Å². The van der Waals surface area contributed by atoms with Gasteiger partial charge in [-0.2, -0.15) is 0 Å². The number of nitrogens with one attached hydrogen (secondary N) is 1. The van der Waals surface area contributed by atoms with E-state index in [1.807, 2.05) is 30.7 Å². The third kappa shape index (κ3) is 5.00. The zero-order chi connectivity index (χ0) is 24.7. The quantitative estimate of drug-likeness (QED) is 0.490. The first-order chi connectivity index (χ1) is 15.9. The van der Waals surface area contributed by atoms with Crippen molar-refractivity contribution in [3.05, 3.63) is 60.4 Å². The van der Waals surface area contributed by atoms with Crippen LogP contribution in [-0.4, -0.2) is 31.7 Å². The molecule has 1 aliphatic rings. The van der Waals surface area contributed by atoms with Crippen LogP contribution in [0.25, 0.3) is 28.2 Å². The lowest BCUT2D eigenvalue weighted by Gasteiger charge is -2.27. The van der Waals surface area contributed by atoms with Gasteiger partial charge in [-0.25, -0.2) is 15.0 Å². The van der Waals surface area contributed by atoms with Crippen LogP contribution in [0.3, 0.4) is 0 Å². The molecule has 0 fully saturated rings. The average Bonchev–Trinajstić information content (AvgIpc) is 3.47. The summed E-state index contributed by atoms with van der Waals surface area (Å²) in [5, 5.41) is 0. The Kier molecular flexibility index (Phi) is 6.27. The van der Waals surface area contributed by atoms with E-state index in [-0.39, 0.29) is 22.9 Å². The Hall–Kier alpha value is -3.16. The Bertz CT molecular complexity index is 1200. The van der Waals surface area contributed by atoms with Crippen LogP contribution in [0.1, 0.15) is 65.4 Å². The number of imidazole rings is 1. The maximum atomic E-state index is 6.39. The molecule has 0 amide bonds. The van der Waals surface area contributed by atoms with Gasteiger partial charge in [-0.05, 0) is 22.0 Å². The lowest BCUT2D eigenvalue weighted by Crippen LogP contribution is -2.41. The molecular weight excluding hydrogens is 422 g/mol. The topological polar surface area (TPSA) is 119 Å². The van der Waals surface area contributed by atoms with E-state index in [2.05, 4.69) is 78.6 Å². The van der Waals surface area contributed by atoms with Crippen LogP contribution in [0.2, 0.25) is 0 Å². The Labute approximate surface area is 201 Å². The summed E-state index contributed by atoms with van der Waals surface area (Å²) in [6.07, 6.45) is 8.12. The van der Waals surface area contributed by atoms with Crippen LogP contribution >= 0.6 is 0 Å². The molecule has 7 heteroatoms. The second kappa shape index (κ2) is 8.89. The molecule has 1 aliphatic heterocycles. The van der Waals surface area contributed by atoms with E-state index in [0.29, 0.717) is 5.82 Å². The molecule has 3 heterocycles. The summed E-state index contributed by atoms with van der Waals surface area (Å²) in [6.45, 7) is 12.7. The van der Waals surface area contributed by atoms with E-state index in [1.54, 1.807) is 6.20 Å². The first kappa shape index (κ1) is 24.0. The molecule has 2 atom stereocenters. The van der Waals surface area contributed by atoms with Crippen LogP contribution in [0, 0.1) is 10.8 Å². The first-order valence-electron chi connectivity index (χ1n) is 11.7. The molecule has 0 saturated carbocycles. The molecule has 0 unspecified atom stereocenters. The lowest BCUT2D eigenvalue weighted by atomic mass is 9.83. The molecule has 2 aromatic heterocycles. The number of aromatic nitrogens is 4. The Morgan fingerprint density at radius 2 is 1.35 bits per heavy atom. The summed E-state index contributed by atoms with van der Waals surface area (Å²) < 4.78 is 0. The van der Waals surface area contributed by atoms with E-state index in [1.165, 1.54) is 5.57 Å². The fourth-order valence-corrected chi connectivity index (χ4v) is 3.82. The van der Waals surface area contributed by atoms with Gasteiger partial charge in [0.25, 0.3) is 0 Å². The van der Waals surface area contributed by atoms with Crippen molar-refractivity contribution in [3.63, 3.8) is 0 Å². The molecule has 4 rings (SSSR count). The van der Waals surface area contributed by atoms with Crippen molar-refractivity contribution >= 4 is 11.3 Å². The minimum Gasteiger partial charge on any atom is -0.341 e. The molecule has 0 saturated heterocycles. The number of aromatic amines is 1. The van der Waals surface area contributed by atoms with Crippen molar-refractivity contribution in [1.82, 2.24) is 19.9 Å². The first-order valence-corrected chi connectivity index (χ1v) is 11.7. The number of nitrogens with two attached hydrogens (primary N) is 2. The lowest BCUT2D eigenvalue weighted by molar-refractivity contribution is 0.317. The predicted molar refractivity (Wildman–Crippen MR) is 139 cm³/mol. The summed E-state index contributed by atoms with van der Waals surface area (Å²) in [5.41, 5.74) is 18.7. The number of rotatable bonds is 5. The second-order valence-corrected chi connectivity index (χ2v) is 11.2. The van der Waals surface area contributed by atoms with Crippen molar-refractivity contribution in [2.45, 2.75) is 60.0 Å². The van der Waals surface area contributed by atoms with Crippen molar-refractivity contribution in [3.8, 4) is 22.6 Å². The highest BCUT2D eigenvalue weighted by Gasteiger charge is 2.28. The van der Waals surface area contributed by atoms with Crippen LogP contribution in [0.4, 0.5) is 0 Å². The number of aliphatic imine (C=N–C) groups is 1. The highest BCUT2D eigenvalue weighted by molar-refractivity contribution is 6.01. The van der Waals surface area contributed by atoms with E-state index in [0.717, 1.165) is 40.3 Å². The minimum absolute atomic E-state index is 0.00808. The second-order valence-electron chi connectivity index (χ2n) is 11.2. The van der Waals surface area contributed by atoms with E-state index < -0.39 is 0 Å². The summed E-state index contributed by atoms with van der Waals surface area (Å²) >= 11 is 0. The van der Waals surface area contributed by atoms with Gasteiger partial charge in [-0.1, -0.05) is 65.8 Å². The zero-order valence-electron chi connectivity index (χ0n) is 20.9. The molecule has 178 valence electrons. The van der Waals surface area contributed by atoms with Gasteiger partial charge < -0.3 is 16.5 Å². The van der Waals surface area contributed by atoms with Crippen molar-refractivity contribution < 1.29 is 0 Å². The van der Waals surface area contributed by atoms with Gasteiger partial charge in [0.1, 0.15) is 5.82 Å². The normalized spacial score (nSPS) is 16.2. The maximum Gasteiger partial charge on any atom is 0.159 e. The molecule has 3 aromatic rings. The van der Waals surface area contributed by atoms with Gasteiger partial charge in [0.15, 0.2) is 5.82 Å². The van der Waals surface area contributed by atoms with Gasteiger partial charge in [0.05, 0.1) is 17.9 Å². The third-order valence-corrected chi connectivity index (χ3v) is 6.35. The summed E-state index contributed by atoms with van der Waals surface area (Å²) in [7, 11) is 0. The molecule has 5 N–H and O–H groups in total. The summed E-state index contributed by atoms with van der Waals surface area (Å²) in [6, 6.07) is 8.04. The zero-order valence-corrected chi connectivity index (χ0v) is 20.9. The highest BCUT2D eigenvalue weighted by Crippen LogP contribution is 2.31. The van der Waals surface area contributed by atoms with Crippen molar-refractivity contribution in [1.29, 1.82) is 0 Å². The Morgan fingerprint density at radius 1 is 0.765 bits per heavy atom. The molecule has 0 bridgehead atoms. The molecule has 1 aromatic carbocycles. The fourth-order valence-electron chi connectivity index (χ4n) is 3.82. The third-order valence-electron chi connectivity index (χ3n) is 6.35. The Balaban J connectivity index is 1.44.